The van der Waals surface area contributed by atoms with Gasteiger partial charge in [0.25, 0.3) is 14.2 Å². The second-order valence-electron chi connectivity index (χ2n) is 12.5. The van der Waals surface area contributed by atoms with E-state index in [0.29, 0.717) is 31.5 Å². The van der Waals surface area contributed by atoms with E-state index in [-0.39, 0.29) is 23.8 Å². The van der Waals surface area contributed by atoms with Gasteiger partial charge >= 0.3 is 5.97 Å². The van der Waals surface area contributed by atoms with Crippen LogP contribution in [0.3, 0.4) is 0 Å². The van der Waals surface area contributed by atoms with E-state index >= 15 is 0 Å². The standard InChI is InChI=1S/C31H44N4O5SSi/c1-30(2,3)32-21-24(22-38-29-28(33-41-34-29)35-17-19-37-20-18-35)40-27(36)23-39-42(31(4,5)6,25-13-9-7-10-14-25)26-15-11-8-12-16-26/h7-16,24,32H,17-23H2,1-6H3/t24-/m0/s1. The molecule has 1 aliphatic rings. The predicted octanol–water partition coefficient (Wildman–Crippen LogP) is 3.63. The van der Waals surface area contributed by atoms with Crippen LogP contribution in [0.1, 0.15) is 41.5 Å². The van der Waals surface area contributed by atoms with E-state index in [0.717, 1.165) is 35.2 Å². The first-order valence-electron chi connectivity index (χ1n) is 14.5. The topological polar surface area (TPSA) is 95.0 Å². The molecule has 9 nitrogen and oxygen atoms in total. The molecule has 1 saturated heterocycles. The molecule has 0 bridgehead atoms. The zero-order valence-corrected chi connectivity index (χ0v) is 27.4. The number of nitrogens with zero attached hydrogens (tertiary/aromatic N) is 3. The predicted molar refractivity (Wildman–Crippen MR) is 170 cm³/mol. The molecule has 1 aliphatic heterocycles. The summed E-state index contributed by atoms with van der Waals surface area (Å²) in [6.07, 6.45) is -0.557. The van der Waals surface area contributed by atoms with Crippen molar-refractivity contribution in [1.29, 1.82) is 0 Å². The van der Waals surface area contributed by atoms with Crippen molar-refractivity contribution in [3.63, 3.8) is 0 Å². The molecule has 0 unspecified atom stereocenters. The van der Waals surface area contributed by atoms with Gasteiger partial charge in [-0.25, -0.2) is 4.79 Å². The number of carbonyl (C=O) groups excluding carboxylic acids is 1. The van der Waals surface area contributed by atoms with Crippen LogP contribution in [-0.4, -0.2) is 80.7 Å². The Balaban J connectivity index is 1.50. The number of hydrogen-bond donors (Lipinski definition) is 1. The Morgan fingerprint density at radius 1 is 0.976 bits per heavy atom. The number of benzene rings is 2. The summed E-state index contributed by atoms with van der Waals surface area (Å²) in [4.78, 5) is 15.5. The van der Waals surface area contributed by atoms with Gasteiger partial charge in [-0.3, -0.25) is 0 Å². The number of rotatable bonds is 12. The van der Waals surface area contributed by atoms with E-state index in [1.54, 1.807) is 0 Å². The molecule has 4 rings (SSSR count). The number of hydrogen-bond acceptors (Lipinski definition) is 10. The summed E-state index contributed by atoms with van der Waals surface area (Å²) in [5.41, 5.74) is -0.169. The number of aromatic nitrogens is 2. The van der Waals surface area contributed by atoms with Crippen LogP contribution in [0.4, 0.5) is 5.82 Å². The number of morpholine rings is 1. The lowest BCUT2D eigenvalue weighted by Crippen LogP contribution is -2.67. The lowest BCUT2D eigenvalue weighted by molar-refractivity contribution is -0.153. The van der Waals surface area contributed by atoms with Gasteiger partial charge in [0.05, 0.1) is 24.9 Å². The first-order valence-corrected chi connectivity index (χ1v) is 17.1. The molecule has 0 saturated carbocycles. The number of ether oxygens (including phenoxy) is 3. The summed E-state index contributed by atoms with van der Waals surface area (Å²) in [7, 11) is -2.88. The van der Waals surface area contributed by atoms with Crippen LogP contribution >= 0.6 is 11.7 Å². The summed E-state index contributed by atoms with van der Waals surface area (Å²) in [5.74, 6) is 0.714. The third-order valence-corrected chi connectivity index (χ3v) is 12.6. The third kappa shape index (κ3) is 8.16. The maximum atomic E-state index is 13.4. The molecule has 228 valence electrons. The fraction of sp³-hybridized carbons (Fsp3) is 0.516. The second-order valence-corrected chi connectivity index (χ2v) is 17.3. The number of carbonyl (C=O) groups is 1. The first kappa shape index (κ1) is 32.1. The van der Waals surface area contributed by atoms with Gasteiger partial charge < -0.3 is 28.9 Å². The number of esters is 1. The van der Waals surface area contributed by atoms with Gasteiger partial charge in [0.15, 0.2) is 0 Å². The van der Waals surface area contributed by atoms with Crippen LogP contribution in [0.25, 0.3) is 0 Å². The van der Waals surface area contributed by atoms with Crippen LogP contribution in [-0.2, 0) is 18.7 Å². The molecule has 0 spiro atoms. The number of anilines is 1. The summed E-state index contributed by atoms with van der Waals surface area (Å²) >= 11 is 1.11. The maximum absolute atomic E-state index is 13.4. The van der Waals surface area contributed by atoms with E-state index in [1.807, 2.05) is 36.4 Å². The van der Waals surface area contributed by atoms with Gasteiger partial charge in [0.1, 0.15) is 19.3 Å². The summed E-state index contributed by atoms with van der Waals surface area (Å²) in [6.45, 7) is 15.9. The minimum absolute atomic E-state index is 0.136. The smallest absolute Gasteiger partial charge is 0.331 e. The Kier molecular flexibility index (Phi) is 10.8. The Morgan fingerprint density at radius 2 is 1.57 bits per heavy atom. The molecule has 2 heterocycles. The van der Waals surface area contributed by atoms with Crippen LogP contribution < -0.4 is 25.3 Å². The van der Waals surface area contributed by atoms with Crippen molar-refractivity contribution in [2.45, 2.75) is 58.2 Å². The molecule has 0 radical (unpaired) electrons. The highest BCUT2D eigenvalue weighted by Crippen LogP contribution is 2.36. The molecule has 11 heteroatoms. The monoisotopic (exact) mass is 612 g/mol. The highest BCUT2D eigenvalue weighted by Gasteiger charge is 2.50. The molecule has 42 heavy (non-hydrogen) atoms. The van der Waals surface area contributed by atoms with Crippen molar-refractivity contribution in [3.8, 4) is 5.88 Å². The lowest BCUT2D eigenvalue weighted by atomic mass is 10.1. The highest BCUT2D eigenvalue weighted by molar-refractivity contribution is 7.00. The molecule has 1 N–H and O–H groups in total. The van der Waals surface area contributed by atoms with Crippen LogP contribution in [0.5, 0.6) is 5.88 Å². The molecule has 1 atom stereocenters. The third-order valence-electron chi connectivity index (χ3n) is 7.14. The van der Waals surface area contributed by atoms with Gasteiger partial charge in [-0.1, -0.05) is 81.4 Å². The van der Waals surface area contributed by atoms with Gasteiger partial charge in [0, 0.05) is 25.2 Å². The molecule has 2 aromatic carbocycles. The Morgan fingerprint density at radius 3 is 2.12 bits per heavy atom. The Labute approximate surface area is 255 Å². The Bertz CT molecular complexity index is 1220. The van der Waals surface area contributed by atoms with Crippen LogP contribution in [0.2, 0.25) is 5.04 Å². The number of nitrogens with one attached hydrogen (secondary N) is 1. The maximum Gasteiger partial charge on any atom is 0.331 e. The van der Waals surface area contributed by atoms with Gasteiger partial charge in [-0.15, -0.1) is 4.37 Å². The average Bonchev–Trinajstić information content (AvgIpc) is 3.44. The van der Waals surface area contributed by atoms with E-state index in [1.165, 1.54) is 0 Å². The zero-order chi connectivity index (χ0) is 30.2. The summed E-state index contributed by atoms with van der Waals surface area (Å²) < 4.78 is 33.2. The van der Waals surface area contributed by atoms with Crippen LogP contribution in [0, 0.1) is 0 Å². The SMILES string of the molecule is CC(C)(C)NC[C@@H](COc1nsnc1N1CCOCC1)OC(=O)CO[Si](c1ccccc1)(c1ccccc1)C(C)(C)C. The highest BCUT2D eigenvalue weighted by atomic mass is 32.1. The largest absolute Gasteiger partial charge is 0.470 e. The molecular formula is C31H44N4O5SSi. The average molecular weight is 613 g/mol. The van der Waals surface area contributed by atoms with Crippen molar-refractivity contribution in [3.05, 3.63) is 60.7 Å². The molecule has 0 amide bonds. The quantitative estimate of drug-likeness (QED) is 0.243. The van der Waals surface area contributed by atoms with Crippen molar-refractivity contribution in [1.82, 2.24) is 14.1 Å². The van der Waals surface area contributed by atoms with E-state index in [2.05, 4.69) is 84.8 Å². The molecule has 3 aromatic rings. The van der Waals surface area contributed by atoms with Gasteiger partial charge in [0.2, 0.25) is 5.82 Å². The van der Waals surface area contributed by atoms with Crippen LogP contribution in [0.15, 0.2) is 60.7 Å². The van der Waals surface area contributed by atoms with Crippen molar-refractivity contribution >= 4 is 42.2 Å². The van der Waals surface area contributed by atoms with Gasteiger partial charge in [-0.05, 0) is 36.2 Å². The minimum atomic E-state index is -2.88. The zero-order valence-electron chi connectivity index (χ0n) is 25.6. The second kappa shape index (κ2) is 14.1. The lowest BCUT2D eigenvalue weighted by Gasteiger charge is -2.42. The first-order chi connectivity index (χ1) is 20.0. The Hall–Kier alpha value is -2.83. The molecule has 1 aromatic heterocycles. The van der Waals surface area contributed by atoms with Crippen molar-refractivity contribution in [2.75, 3.05) is 51.0 Å². The van der Waals surface area contributed by atoms with Gasteiger partial charge in [-0.2, -0.15) is 4.37 Å². The minimum Gasteiger partial charge on any atom is -0.470 e. The molecule has 0 aliphatic carbocycles. The van der Waals surface area contributed by atoms with Crippen molar-refractivity contribution in [2.24, 2.45) is 0 Å². The summed E-state index contributed by atoms with van der Waals surface area (Å²) in [5, 5.41) is 5.40. The summed E-state index contributed by atoms with van der Waals surface area (Å²) in [6, 6.07) is 20.5. The van der Waals surface area contributed by atoms with E-state index in [4.69, 9.17) is 18.6 Å². The van der Waals surface area contributed by atoms with E-state index < -0.39 is 20.4 Å². The normalized spacial score (nSPS) is 15.3. The van der Waals surface area contributed by atoms with E-state index in [9.17, 15) is 4.79 Å². The van der Waals surface area contributed by atoms with Crippen molar-refractivity contribution < 1.29 is 23.4 Å². The fourth-order valence-electron chi connectivity index (χ4n) is 5.11. The fourth-order valence-corrected chi connectivity index (χ4v) is 10.1. The molecular weight excluding hydrogens is 569 g/mol. The molecule has 1 fully saturated rings.